The molecule has 6 heteroatoms. The molecule has 0 aromatic rings. The van der Waals surface area contributed by atoms with Gasteiger partial charge in [-0.15, -0.1) is 0 Å². The van der Waals surface area contributed by atoms with Gasteiger partial charge in [-0.1, -0.05) is 165 Å². The molecule has 0 saturated heterocycles. The van der Waals surface area contributed by atoms with Crippen LogP contribution in [0.2, 0.25) is 0 Å². The third-order valence-electron chi connectivity index (χ3n) is 9.50. The zero-order chi connectivity index (χ0) is 40.1. The van der Waals surface area contributed by atoms with E-state index in [2.05, 4.69) is 81.5 Å². The van der Waals surface area contributed by atoms with Crippen LogP contribution in [0.4, 0.5) is 0 Å². The van der Waals surface area contributed by atoms with E-state index in [-0.39, 0.29) is 31.1 Å². The van der Waals surface area contributed by atoms with Crippen molar-refractivity contribution in [2.75, 3.05) is 13.2 Å². The molecule has 0 aliphatic heterocycles. The Morgan fingerprint density at radius 3 is 1.33 bits per heavy atom. The van der Waals surface area contributed by atoms with E-state index in [9.17, 15) is 14.4 Å². The lowest BCUT2D eigenvalue weighted by Gasteiger charge is -2.18. The maximum atomic E-state index is 12.7. The maximum Gasteiger partial charge on any atom is 0.306 e. The van der Waals surface area contributed by atoms with Crippen LogP contribution in [0.5, 0.6) is 0 Å². The van der Waals surface area contributed by atoms with Crippen molar-refractivity contribution < 1.29 is 28.6 Å². The monoisotopic (exact) mass is 769 g/mol. The van der Waals surface area contributed by atoms with Crippen molar-refractivity contribution in [3.05, 3.63) is 60.8 Å². The summed E-state index contributed by atoms with van der Waals surface area (Å²) in [6.45, 7) is 6.41. The minimum atomic E-state index is -0.800. The van der Waals surface area contributed by atoms with E-state index in [0.29, 0.717) is 25.7 Å². The van der Waals surface area contributed by atoms with Crippen molar-refractivity contribution in [2.24, 2.45) is 0 Å². The molecule has 0 aliphatic rings. The molecular formula is C49H84O6. The Bertz CT molecular complexity index is 1020. The molecule has 0 aromatic carbocycles. The lowest BCUT2D eigenvalue weighted by atomic mass is 10.1. The normalized spacial score (nSPS) is 12.6. The summed E-state index contributed by atoms with van der Waals surface area (Å²) in [6, 6.07) is 0. The summed E-state index contributed by atoms with van der Waals surface area (Å²) < 4.78 is 16.6. The maximum absolute atomic E-state index is 12.7. The molecule has 0 heterocycles. The highest BCUT2D eigenvalue weighted by Gasteiger charge is 2.19. The first-order valence-electron chi connectivity index (χ1n) is 22.8. The second kappa shape index (κ2) is 43.8. The van der Waals surface area contributed by atoms with E-state index >= 15 is 0 Å². The van der Waals surface area contributed by atoms with Crippen molar-refractivity contribution in [3.63, 3.8) is 0 Å². The van der Waals surface area contributed by atoms with Crippen LogP contribution < -0.4 is 0 Å². The molecule has 0 N–H and O–H groups in total. The van der Waals surface area contributed by atoms with Gasteiger partial charge in [0, 0.05) is 19.3 Å². The Morgan fingerprint density at radius 1 is 0.400 bits per heavy atom. The van der Waals surface area contributed by atoms with Gasteiger partial charge < -0.3 is 14.2 Å². The predicted molar refractivity (Wildman–Crippen MR) is 233 cm³/mol. The fourth-order valence-electron chi connectivity index (χ4n) is 6.06. The van der Waals surface area contributed by atoms with Gasteiger partial charge in [-0.2, -0.15) is 0 Å². The summed E-state index contributed by atoms with van der Waals surface area (Å²) in [5.74, 6) is -0.983. The summed E-state index contributed by atoms with van der Waals surface area (Å²) in [4.78, 5) is 37.6. The quantitative estimate of drug-likeness (QED) is 0.0203. The van der Waals surface area contributed by atoms with Crippen molar-refractivity contribution in [3.8, 4) is 0 Å². The fraction of sp³-hybridized carbons (Fsp3) is 0.735. The molecule has 0 rings (SSSR count). The predicted octanol–water partition coefficient (Wildman–Crippen LogP) is 14.5. The van der Waals surface area contributed by atoms with Crippen LogP contribution in [-0.2, 0) is 28.6 Å². The molecule has 0 aliphatic carbocycles. The third-order valence-corrected chi connectivity index (χ3v) is 9.50. The summed E-state index contributed by atoms with van der Waals surface area (Å²) in [5.41, 5.74) is 0. The van der Waals surface area contributed by atoms with Crippen molar-refractivity contribution >= 4 is 17.9 Å². The van der Waals surface area contributed by atoms with E-state index in [1.807, 2.05) is 0 Å². The third kappa shape index (κ3) is 42.1. The molecule has 0 fully saturated rings. The molecule has 0 saturated carbocycles. The number of allylic oxidation sites excluding steroid dienone is 10. The van der Waals surface area contributed by atoms with Crippen LogP contribution in [0, 0.1) is 0 Å². The second-order valence-electron chi connectivity index (χ2n) is 14.9. The minimum Gasteiger partial charge on any atom is -0.462 e. The zero-order valence-electron chi connectivity index (χ0n) is 35.9. The van der Waals surface area contributed by atoms with Gasteiger partial charge in [-0.25, -0.2) is 0 Å². The van der Waals surface area contributed by atoms with Crippen molar-refractivity contribution in [2.45, 2.75) is 219 Å². The summed E-state index contributed by atoms with van der Waals surface area (Å²) in [6.07, 6.45) is 52.2. The van der Waals surface area contributed by atoms with Gasteiger partial charge in [0.05, 0.1) is 0 Å². The summed E-state index contributed by atoms with van der Waals surface area (Å²) >= 11 is 0. The molecule has 0 spiro atoms. The first-order chi connectivity index (χ1) is 27.0. The molecule has 1 unspecified atom stereocenters. The Balaban J connectivity index is 4.43. The number of esters is 3. The van der Waals surface area contributed by atoms with Gasteiger partial charge in [0.1, 0.15) is 13.2 Å². The van der Waals surface area contributed by atoms with E-state index in [1.54, 1.807) is 0 Å². The number of hydrogen-bond acceptors (Lipinski definition) is 6. The van der Waals surface area contributed by atoms with Crippen molar-refractivity contribution in [1.82, 2.24) is 0 Å². The topological polar surface area (TPSA) is 78.9 Å². The van der Waals surface area contributed by atoms with Crippen LogP contribution in [0.25, 0.3) is 0 Å². The molecular weight excluding hydrogens is 685 g/mol. The number of carbonyl (C=O) groups excluding carboxylic acids is 3. The molecule has 55 heavy (non-hydrogen) atoms. The SMILES string of the molecule is CC/C=C\C/C=C\CCCCCCCC(=O)OC(COC(=O)CCC/C=C\CCCCCC)COC(=O)CCCCC/C=C\C=C/CCCCCCCCC. The van der Waals surface area contributed by atoms with Crippen LogP contribution >= 0.6 is 0 Å². The average Bonchev–Trinajstić information content (AvgIpc) is 3.18. The van der Waals surface area contributed by atoms with Gasteiger partial charge in [0.2, 0.25) is 0 Å². The van der Waals surface area contributed by atoms with Gasteiger partial charge in [0.25, 0.3) is 0 Å². The van der Waals surface area contributed by atoms with Gasteiger partial charge >= 0.3 is 17.9 Å². The standard InChI is InChI=1S/C49H84O6/c1-4-7-10-13-16-19-21-23-24-25-26-28-30-33-36-39-42-48(51)54-45-46(44-53-47(50)41-38-35-32-29-18-15-12-9-6-3)55-49(52)43-40-37-34-31-27-22-20-17-14-11-8-5-2/h8,11,17,20,24-26,28-29,32,46H,4-7,9-10,12-16,18-19,21-23,27,30-31,33-45H2,1-3H3/b11-8-,20-17-,25-24-,28-26-,32-29-. The lowest BCUT2D eigenvalue weighted by Crippen LogP contribution is -2.30. The zero-order valence-corrected chi connectivity index (χ0v) is 35.9. The molecule has 316 valence electrons. The highest BCUT2D eigenvalue weighted by atomic mass is 16.6. The second-order valence-corrected chi connectivity index (χ2v) is 14.9. The Morgan fingerprint density at radius 2 is 0.782 bits per heavy atom. The lowest BCUT2D eigenvalue weighted by molar-refractivity contribution is -0.167. The van der Waals surface area contributed by atoms with E-state index in [4.69, 9.17) is 14.2 Å². The number of hydrogen-bond donors (Lipinski definition) is 0. The van der Waals surface area contributed by atoms with Gasteiger partial charge in [-0.3, -0.25) is 14.4 Å². The largest absolute Gasteiger partial charge is 0.462 e. The van der Waals surface area contributed by atoms with Crippen LogP contribution in [0.3, 0.4) is 0 Å². The van der Waals surface area contributed by atoms with E-state index in [1.165, 1.54) is 70.6 Å². The molecule has 6 nitrogen and oxygen atoms in total. The Labute approximate surface area is 339 Å². The number of carbonyl (C=O) groups is 3. The van der Waals surface area contributed by atoms with Crippen LogP contribution in [0.15, 0.2) is 60.8 Å². The Hall–Kier alpha value is -2.89. The van der Waals surface area contributed by atoms with E-state index in [0.717, 1.165) is 96.3 Å². The first-order valence-corrected chi connectivity index (χ1v) is 22.8. The highest BCUT2D eigenvalue weighted by Crippen LogP contribution is 2.12. The van der Waals surface area contributed by atoms with Crippen LogP contribution in [-0.4, -0.2) is 37.2 Å². The van der Waals surface area contributed by atoms with E-state index < -0.39 is 6.10 Å². The summed E-state index contributed by atoms with van der Waals surface area (Å²) in [5, 5.41) is 0. The minimum absolute atomic E-state index is 0.103. The first kappa shape index (κ1) is 52.1. The molecule has 0 radical (unpaired) electrons. The summed E-state index contributed by atoms with van der Waals surface area (Å²) in [7, 11) is 0. The average molecular weight is 769 g/mol. The fourth-order valence-corrected chi connectivity index (χ4v) is 6.06. The van der Waals surface area contributed by atoms with Crippen LogP contribution in [0.1, 0.15) is 213 Å². The molecule has 0 amide bonds. The highest BCUT2D eigenvalue weighted by molar-refractivity contribution is 5.71. The molecule has 0 bridgehead atoms. The Kier molecular flexibility index (Phi) is 41.5. The number of ether oxygens (including phenoxy) is 3. The van der Waals surface area contributed by atoms with Gasteiger partial charge in [-0.05, 0) is 89.9 Å². The molecule has 0 aromatic heterocycles. The smallest absolute Gasteiger partial charge is 0.306 e. The number of rotatable bonds is 40. The molecule has 1 atom stereocenters. The van der Waals surface area contributed by atoms with Gasteiger partial charge in [0.15, 0.2) is 6.10 Å². The number of unbranched alkanes of at least 4 members (excludes halogenated alkanes) is 20. The van der Waals surface area contributed by atoms with Crippen molar-refractivity contribution in [1.29, 1.82) is 0 Å².